The second-order valence-corrected chi connectivity index (χ2v) is 5.28. The quantitative estimate of drug-likeness (QED) is 0.671. The second kappa shape index (κ2) is 8.51. The normalized spacial score (nSPS) is 24.6. The monoisotopic (exact) mass is 240 g/mol. The smallest absolute Gasteiger partial charge is 0.220 e. The predicted molar refractivity (Wildman–Crippen MR) is 72.0 cm³/mol. The van der Waals surface area contributed by atoms with E-state index in [1.165, 1.54) is 38.5 Å². The van der Waals surface area contributed by atoms with Crippen LogP contribution in [0.1, 0.15) is 58.3 Å². The molecule has 0 saturated heterocycles. The molecule has 0 heterocycles. The number of hydrogen-bond acceptors (Lipinski definition) is 2. The van der Waals surface area contributed by atoms with Crippen LogP contribution < -0.4 is 10.6 Å². The summed E-state index contributed by atoms with van der Waals surface area (Å²) in [6.45, 7) is 3.19. The molecule has 1 saturated carbocycles. The molecule has 0 aromatic rings. The molecule has 0 unspecified atom stereocenters. The lowest BCUT2D eigenvalue weighted by molar-refractivity contribution is -0.122. The molecule has 17 heavy (non-hydrogen) atoms. The average Bonchev–Trinajstić information content (AvgIpc) is 2.32. The van der Waals surface area contributed by atoms with E-state index in [0.29, 0.717) is 12.5 Å². The van der Waals surface area contributed by atoms with E-state index in [1.807, 2.05) is 7.05 Å². The molecule has 1 aliphatic rings. The Morgan fingerprint density at radius 2 is 1.94 bits per heavy atom. The summed E-state index contributed by atoms with van der Waals surface area (Å²) in [6.07, 6.45) is 9.23. The Bertz CT molecular complexity index is 210. The van der Waals surface area contributed by atoms with E-state index < -0.39 is 0 Å². The third-order valence-electron chi connectivity index (χ3n) is 3.74. The highest BCUT2D eigenvalue weighted by atomic mass is 16.1. The molecule has 1 aliphatic carbocycles. The molecule has 0 bridgehead atoms. The van der Waals surface area contributed by atoms with Crippen LogP contribution in [0, 0.1) is 5.92 Å². The van der Waals surface area contributed by atoms with Crippen LogP contribution >= 0.6 is 0 Å². The van der Waals surface area contributed by atoms with E-state index >= 15 is 0 Å². The third kappa shape index (κ3) is 6.06. The molecule has 100 valence electrons. The molecule has 1 amide bonds. The van der Waals surface area contributed by atoms with Gasteiger partial charge in [0.15, 0.2) is 0 Å². The van der Waals surface area contributed by atoms with Crippen molar-refractivity contribution in [2.75, 3.05) is 13.6 Å². The summed E-state index contributed by atoms with van der Waals surface area (Å²) in [5.41, 5.74) is 0. The molecule has 0 aromatic heterocycles. The number of nitrogens with one attached hydrogen (secondary N) is 2. The van der Waals surface area contributed by atoms with Gasteiger partial charge in [0.05, 0.1) is 0 Å². The fourth-order valence-electron chi connectivity index (χ4n) is 2.73. The number of hydrogen-bond donors (Lipinski definition) is 2. The van der Waals surface area contributed by atoms with Crippen molar-refractivity contribution in [3.8, 4) is 0 Å². The molecule has 3 heteroatoms. The maximum absolute atomic E-state index is 11.7. The van der Waals surface area contributed by atoms with E-state index in [2.05, 4.69) is 17.6 Å². The second-order valence-electron chi connectivity index (χ2n) is 5.28. The van der Waals surface area contributed by atoms with Gasteiger partial charge >= 0.3 is 0 Å². The van der Waals surface area contributed by atoms with Crippen LogP contribution in [0.4, 0.5) is 0 Å². The van der Waals surface area contributed by atoms with Gasteiger partial charge in [0, 0.05) is 12.5 Å². The van der Waals surface area contributed by atoms with Gasteiger partial charge in [-0.25, -0.2) is 0 Å². The maximum Gasteiger partial charge on any atom is 0.220 e. The summed E-state index contributed by atoms with van der Waals surface area (Å²) >= 11 is 0. The first-order chi connectivity index (χ1) is 8.26. The molecule has 2 N–H and O–H groups in total. The molecule has 0 aromatic carbocycles. The van der Waals surface area contributed by atoms with Gasteiger partial charge in [-0.05, 0) is 51.6 Å². The van der Waals surface area contributed by atoms with Crippen LogP contribution in [-0.2, 0) is 4.79 Å². The average molecular weight is 240 g/mol. The minimum absolute atomic E-state index is 0.235. The first-order valence-corrected chi connectivity index (χ1v) is 7.20. The Kier molecular flexibility index (Phi) is 7.25. The Morgan fingerprint density at radius 1 is 1.24 bits per heavy atom. The summed E-state index contributed by atoms with van der Waals surface area (Å²) in [5.74, 6) is 1.15. The van der Waals surface area contributed by atoms with Crippen molar-refractivity contribution in [3.63, 3.8) is 0 Å². The minimum atomic E-state index is 0.235. The molecule has 1 fully saturated rings. The molecular weight excluding hydrogens is 212 g/mol. The van der Waals surface area contributed by atoms with E-state index in [4.69, 9.17) is 0 Å². The maximum atomic E-state index is 11.7. The third-order valence-corrected chi connectivity index (χ3v) is 3.74. The molecule has 0 spiro atoms. The van der Waals surface area contributed by atoms with Gasteiger partial charge in [-0.1, -0.05) is 19.8 Å². The van der Waals surface area contributed by atoms with E-state index in [-0.39, 0.29) is 5.91 Å². The van der Waals surface area contributed by atoms with Crippen molar-refractivity contribution < 1.29 is 4.79 Å². The topological polar surface area (TPSA) is 41.1 Å². The predicted octanol–water partition coefficient (Wildman–Crippen LogP) is 2.46. The van der Waals surface area contributed by atoms with Gasteiger partial charge < -0.3 is 10.6 Å². The minimum Gasteiger partial charge on any atom is -0.353 e. The summed E-state index contributed by atoms with van der Waals surface area (Å²) in [5, 5.41) is 6.24. The fraction of sp³-hybridized carbons (Fsp3) is 0.929. The molecular formula is C14H28N2O. The van der Waals surface area contributed by atoms with E-state index in [9.17, 15) is 4.79 Å². The van der Waals surface area contributed by atoms with E-state index in [1.54, 1.807) is 0 Å². The SMILES string of the molecule is CCCC1CCC(NC(=O)CCCNC)CC1. The van der Waals surface area contributed by atoms with Gasteiger partial charge in [-0.15, -0.1) is 0 Å². The van der Waals surface area contributed by atoms with Crippen molar-refractivity contribution in [3.05, 3.63) is 0 Å². The molecule has 1 rings (SSSR count). The lowest BCUT2D eigenvalue weighted by atomic mass is 9.83. The zero-order chi connectivity index (χ0) is 12.5. The lowest BCUT2D eigenvalue weighted by Crippen LogP contribution is -2.37. The highest BCUT2D eigenvalue weighted by Gasteiger charge is 2.21. The van der Waals surface area contributed by atoms with Crippen molar-refractivity contribution in [1.29, 1.82) is 0 Å². The van der Waals surface area contributed by atoms with Crippen LogP contribution in [0.3, 0.4) is 0 Å². The van der Waals surface area contributed by atoms with Gasteiger partial charge in [-0.3, -0.25) is 4.79 Å². The zero-order valence-electron chi connectivity index (χ0n) is 11.4. The van der Waals surface area contributed by atoms with Gasteiger partial charge in [0.2, 0.25) is 5.91 Å². The van der Waals surface area contributed by atoms with Crippen molar-refractivity contribution in [1.82, 2.24) is 10.6 Å². The number of rotatable bonds is 7. The van der Waals surface area contributed by atoms with Gasteiger partial charge in [-0.2, -0.15) is 0 Å². The first-order valence-electron chi connectivity index (χ1n) is 7.20. The van der Waals surface area contributed by atoms with Crippen LogP contribution in [0.5, 0.6) is 0 Å². The largest absolute Gasteiger partial charge is 0.353 e. The summed E-state index contributed by atoms with van der Waals surface area (Å²) in [6, 6.07) is 0.449. The first kappa shape index (κ1) is 14.5. The Labute approximate surface area is 106 Å². The van der Waals surface area contributed by atoms with Crippen molar-refractivity contribution in [2.45, 2.75) is 64.3 Å². The Hall–Kier alpha value is -0.570. The fourth-order valence-corrected chi connectivity index (χ4v) is 2.73. The number of carbonyl (C=O) groups is 1. The van der Waals surface area contributed by atoms with Gasteiger partial charge in [0.25, 0.3) is 0 Å². The van der Waals surface area contributed by atoms with Gasteiger partial charge in [0.1, 0.15) is 0 Å². The van der Waals surface area contributed by atoms with Crippen LogP contribution in [0.25, 0.3) is 0 Å². The molecule has 0 atom stereocenters. The van der Waals surface area contributed by atoms with Crippen LogP contribution in [-0.4, -0.2) is 25.5 Å². The zero-order valence-corrected chi connectivity index (χ0v) is 11.4. The van der Waals surface area contributed by atoms with Crippen molar-refractivity contribution in [2.24, 2.45) is 5.92 Å². The van der Waals surface area contributed by atoms with Crippen LogP contribution in [0.15, 0.2) is 0 Å². The molecule has 0 radical (unpaired) electrons. The Morgan fingerprint density at radius 3 is 2.53 bits per heavy atom. The summed E-state index contributed by atoms with van der Waals surface area (Å²) in [7, 11) is 1.92. The number of amides is 1. The lowest BCUT2D eigenvalue weighted by Gasteiger charge is -2.29. The summed E-state index contributed by atoms with van der Waals surface area (Å²) in [4.78, 5) is 11.7. The van der Waals surface area contributed by atoms with Crippen LogP contribution in [0.2, 0.25) is 0 Å². The molecule has 3 nitrogen and oxygen atoms in total. The highest BCUT2D eigenvalue weighted by Crippen LogP contribution is 2.27. The summed E-state index contributed by atoms with van der Waals surface area (Å²) < 4.78 is 0. The van der Waals surface area contributed by atoms with E-state index in [0.717, 1.165) is 18.9 Å². The molecule has 0 aliphatic heterocycles. The standard InChI is InChI=1S/C14H28N2O/c1-3-5-12-7-9-13(10-8-12)16-14(17)6-4-11-15-2/h12-13,15H,3-11H2,1-2H3,(H,16,17). The van der Waals surface area contributed by atoms with Crippen molar-refractivity contribution >= 4 is 5.91 Å². The highest BCUT2D eigenvalue weighted by molar-refractivity contribution is 5.76. The number of carbonyl (C=O) groups excluding carboxylic acids is 1. The Balaban J connectivity index is 2.10.